The van der Waals surface area contributed by atoms with Crippen LogP contribution < -0.4 is 0 Å². The van der Waals surface area contributed by atoms with Crippen LogP contribution in [0.25, 0.3) is 0 Å². The van der Waals surface area contributed by atoms with Gasteiger partial charge < -0.3 is 9.11 Å². The Hall–Kier alpha value is 1.13. The zero-order valence-corrected chi connectivity index (χ0v) is 6.57. The summed E-state index contributed by atoms with van der Waals surface area (Å²) in [6, 6.07) is 0. The van der Waals surface area contributed by atoms with Crippen LogP contribution in [-0.4, -0.2) is 17.5 Å². The first-order valence-corrected chi connectivity index (χ1v) is 3.52. The summed E-state index contributed by atoms with van der Waals surface area (Å²) < 4.78 is 34.1. The third-order valence-electron chi connectivity index (χ3n) is 0. The molecule has 8 heteroatoms. The predicted octanol–water partition coefficient (Wildman–Crippen LogP) is -0.695. The SMILES string of the molecule is O=S(=O)([O-])[O-].[Cu+2].[S]=[Cu]. The van der Waals surface area contributed by atoms with Gasteiger partial charge in [-0.2, -0.15) is 0 Å². The second-order valence-corrected chi connectivity index (χ2v) is 1.22. The van der Waals surface area contributed by atoms with Crippen molar-refractivity contribution in [3.63, 3.8) is 0 Å². The Morgan fingerprint density at radius 1 is 1.25 bits per heavy atom. The molecule has 0 amide bonds. The number of rotatable bonds is 0. The standard InChI is InChI=1S/2Cu.H2O4S.S/c;;1-5(2,3)4;/h;;(H2,1,2,3,4);/q;+2;;/p-2. The van der Waals surface area contributed by atoms with Crippen LogP contribution in [0.2, 0.25) is 0 Å². The Morgan fingerprint density at radius 3 is 1.25 bits per heavy atom. The molecule has 0 spiro atoms. The third-order valence-corrected chi connectivity index (χ3v) is 0. The van der Waals surface area contributed by atoms with Crippen molar-refractivity contribution >= 4 is 21.0 Å². The summed E-state index contributed by atoms with van der Waals surface area (Å²) in [7, 11) is -1.52. The molecule has 0 N–H and O–H groups in total. The quantitative estimate of drug-likeness (QED) is 0.325. The van der Waals surface area contributed by atoms with Gasteiger partial charge in [-0.15, -0.1) is 0 Å². The molecule has 4 nitrogen and oxygen atoms in total. The van der Waals surface area contributed by atoms with E-state index in [1.54, 1.807) is 0 Å². The Balaban J connectivity index is -0.0000000750. The van der Waals surface area contributed by atoms with Gasteiger partial charge in [0.15, 0.2) is 0 Å². The summed E-state index contributed by atoms with van der Waals surface area (Å²) >= 11 is 3.77. The molecule has 0 saturated carbocycles. The molecule has 0 unspecified atom stereocenters. The molecule has 8 heavy (non-hydrogen) atoms. The molecule has 0 heterocycles. The van der Waals surface area contributed by atoms with E-state index in [1.807, 2.05) is 0 Å². The van der Waals surface area contributed by atoms with E-state index in [-0.39, 0.29) is 17.1 Å². The van der Waals surface area contributed by atoms with E-state index in [4.69, 9.17) is 17.5 Å². The second kappa shape index (κ2) is 8.13. The molecule has 0 aliphatic heterocycles. The fourth-order valence-electron chi connectivity index (χ4n) is 0. The summed E-state index contributed by atoms with van der Waals surface area (Å²) in [4.78, 5) is 0. The van der Waals surface area contributed by atoms with E-state index >= 15 is 0 Å². The molecule has 0 aromatic rings. The molecule has 1 radical (unpaired) electrons. The minimum absolute atomic E-state index is 0. The van der Waals surface area contributed by atoms with E-state index in [9.17, 15) is 0 Å². The fraction of sp³-hybridized carbons (Fsp3) is 0. The van der Waals surface area contributed by atoms with Crippen LogP contribution in [0.1, 0.15) is 0 Å². The molecule has 0 atom stereocenters. The Labute approximate surface area is 69.8 Å². The van der Waals surface area contributed by atoms with E-state index in [2.05, 4.69) is 24.9 Å². The molecule has 0 aromatic heterocycles. The van der Waals surface area contributed by atoms with Crippen molar-refractivity contribution in [1.29, 1.82) is 0 Å². The van der Waals surface area contributed by atoms with Gasteiger partial charge in [-0.3, -0.25) is 8.42 Å². The molecule has 0 fully saturated rings. The molecule has 58 valence electrons. The Morgan fingerprint density at radius 2 is 1.25 bits per heavy atom. The van der Waals surface area contributed by atoms with Crippen LogP contribution in [0, 0.1) is 0 Å². The number of hydrogen-bond donors (Lipinski definition) is 0. The van der Waals surface area contributed by atoms with Crippen molar-refractivity contribution in [2.45, 2.75) is 0 Å². The van der Waals surface area contributed by atoms with Crippen molar-refractivity contribution in [1.82, 2.24) is 0 Å². The first-order chi connectivity index (χ1) is 3.00. The van der Waals surface area contributed by atoms with E-state index in [0.29, 0.717) is 0 Å². The molecule has 0 rings (SSSR count). The van der Waals surface area contributed by atoms with Gasteiger partial charge in [-0.25, -0.2) is 0 Å². The summed E-state index contributed by atoms with van der Waals surface area (Å²) in [5, 5.41) is 0. The van der Waals surface area contributed by atoms with Gasteiger partial charge >= 0.3 is 42.0 Å². The predicted molar refractivity (Wildman–Crippen MR) is 18.1 cm³/mol. The van der Waals surface area contributed by atoms with E-state index in [0.717, 1.165) is 0 Å². The first kappa shape index (κ1) is 16.1. The molecular weight excluding hydrogens is 255 g/mol. The second-order valence-electron chi connectivity index (χ2n) is 0.408. The summed E-state index contributed by atoms with van der Waals surface area (Å²) in [6.45, 7) is 0. The van der Waals surface area contributed by atoms with Gasteiger partial charge in [0, 0.05) is 10.4 Å². The molecular formula is Cu2O4S2. The zero-order valence-electron chi connectivity index (χ0n) is 3.05. The van der Waals surface area contributed by atoms with Crippen LogP contribution in [0.3, 0.4) is 0 Å². The average Bonchev–Trinajstić information content (AvgIpc) is 1.36. The topological polar surface area (TPSA) is 80.3 Å². The fourth-order valence-corrected chi connectivity index (χ4v) is 0. The van der Waals surface area contributed by atoms with Crippen LogP contribution in [0.4, 0.5) is 0 Å². The van der Waals surface area contributed by atoms with Crippen LogP contribution in [0.5, 0.6) is 0 Å². The van der Waals surface area contributed by atoms with Crippen molar-refractivity contribution in [2.75, 3.05) is 0 Å². The van der Waals surface area contributed by atoms with Gasteiger partial charge in [0.25, 0.3) is 0 Å². The maximum absolute atomic E-state index is 8.52. The van der Waals surface area contributed by atoms with Crippen LogP contribution >= 0.6 is 10.6 Å². The summed E-state index contributed by atoms with van der Waals surface area (Å²) in [5.41, 5.74) is 0. The average molecular weight is 255 g/mol. The minimum atomic E-state index is -5.17. The maximum atomic E-state index is 8.52. The summed E-state index contributed by atoms with van der Waals surface area (Å²) in [5.74, 6) is 0. The molecule has 0 bridgehead atoms. The molecule has 0 aromatic carbocycles. The van der Waals surface area contributed by atoms with Crippen molar-refractivity contribution in [3.05, 3.63) is 0 Å². The first-order valence-electron chi connectivity index (χ1n) is 0.790. The molecule has 0 saturated heterocycles. The monoisotopic (exact) mass is 254 g/mol. The van der Waals surface area contributed by atoms with Crippen molar-refractivity contribution < 1.29 is 49.0 Å². The molecule has 0 aliphatic rings. The third kappa shape index (κ3) is 210. The van der Waals surface area contributed by atoms with Crippen LogP contribution in [-0.2, 0) is 41.9 Å². The Bertz CT molecular complexity index is 106. The summed E-state index contributed by atoms with van der Waals surface area (Å²) in [6.07, 6.45) is 0. The van der Waals surface area contributed by atoms with Gasteiger partial charge in [0.05, 0.1) is 0 Å². The van der Waals surface area contributed by atoms with Gasteiger partial charge in [0.2, 0.25) is 0 Å². The van der Waals surface area contributed by atoms with E-state index in [1.165, 1.54) is 0 Å². The van der Waals surface area contributed by atoms with Crippen molar-refractivity contribution in [2.24, 2.45) is 0 Å². The molecule has 0 aliphatic carbocycles. The number of hydrogen-bond acceptors (Lipinski definition) is 5. The Kier molecular flexibility index (Phi) is 16.3. The normalized spacial score (nSPS) is 8.00. The van der Waals surface area contributed by atoms with Gasteiger partial charge in [-0.1, -0.05) is 0 Å². The van der Waals surface area contributed by atoms with E-state index < -0.39 is 10.4 Å². The van der Waals surface area contributed by atoms with Crippen LogP contribution in [0.15, 0.2) is 0 Å². The van der Waals surface area contributed by atoms with Gasteiger partial charge in [-0.05, 0) is 0 Å². The van der Waals surface area contributed by atoms with Crippen molar-refractivity contribution in [3.8, 4) is 0 Å². The zero-order chi connectivity index (χ0) is 6.50. The van der Waals surface area contributed by atoms with Gasteiger partial charge in [0.1, 0.15) is 0 Å².